The molecule has 0 saturated carbocycles. The molecule has 1 heterocycles. The fraction of sp³-hybridized carbons (Fsp3) is 0.182. The fourth-order valence-corrected chi connectivity index (χ4v) is 4.23. The van der Waals surface area contributed by atoms with E-state index in [0.717, 1.165) is 4.31 Å². The van der Waals surface area contributed by atoms with Crippen molar-refractivity contribution >= 4 is 48.8 Å². The van der Waals surface area contributed by atoms with Crippen molar-refractivity contribution < 1.29 is 8.42 Å². The number of hydrogen-bond donors (Lipinski definition) is 1. The molecule has 0 aliphatic carbocycles. The lowest BCUT2D eigenvalue weighted by Gasteiger charge is -2.21. The van der Waals surface area contributed by atoms with Gasteiger partial charge in [0.2, 0.25) is 5.03 Å². The standard InChI is InChI=1S/C11H12BrN5O2S2/c1-16-11(9(12)14-15-16)21(18,19)17(2)8-6-4-3-5-7(8)10(13)20/h3-6H,1-2H3,(H2,13,20). The Labute approximate surface area is 135 Å². The van der Waals surface area contributed by atoms with E-state index in [4.69, 9.17) is 18.0 Å². The molecule has 0 radical (unpaired) electrons. The smallest absolute Gasteiger partial charge is 0.284 e. The zero-order chi connectivity index (χ0) is 15.8. The second kappa shape index (κ2) is 5.70. The van der Waals surface area contributed by atoms with Crippen molar-refractivity contribution in [2.24, 2.45) is 12.8 Å². The van der Waals surface area contributed by atoms with Crippen LogP contribution in [0.2, 0.25) is 0 Å². The van der Waals surface area contributed by atoms with E-state index in [0.29, 0.717) is 11.3 Å². The number of nitrogens with two attached hydrogens (primary N) is 1. The van der Waals surface area contributed by atoms with Gasteiger partial charge in [-0.3, -0.25) is 4.31 Å². The van der Waals surface area contributed by atoms with E-state index in [1.165, 1.54) is 18.8 Å². The number of anilines is 1. The molecule has 112 valence electrons. The Balaban J connectivity index is 2.60. The molecular weight excluding hydrogens is 378 g/mol. The maximum absolute atomic E-state index is 12.7. The topological polar surface area (TPSA) is 94.1 Å². The highest BCUT2D eigenvalue weighted by Gasteiger charge is 2.30. The monoisotopic (exact) mass is 389 g/mol. The molecule has 0 atom stereocenters. The van der Waals surface area contributed by atoms with Gasteiger partial charge in [0, 0.05) is 19.7 Å². The Kier molecular flexibility index (Phi) is 4.30. The van der Waals surface area contributed by atoms with Crippen molar-refractivity contribution in [3.05, 3.63) is 34.4 Å². The predicted octanol–water partition coefficient (Wildman–Crippen LogP) is 1.04. The number of aryl methyl sites for hydroxylation is 1. The quantitative estimate of drug-likeness (QED) is 0.784. The summed E-state index contributed by atoms with van der Waals surface area (Å²) in [6, 6.07) is 6.74. The molecule has 10 heteroatoms. The summed E-state index contributed by atoms with van der Waals surface area (Å²) in [6.07, 6.45) is 0. The number of hydrogen-bond acceptors (Lipinski definition) is 5. The van der Waals surface area contributed by atoms with Gasteiger partial charge in [-0.05, 0) is 28.1 Å². The van der Waals surface area contributed by atoms with Gasteiger partial charge in [-0.25, -0.2) is 4.68 Å². The number of para-hydroxylation sites is 1. The van der Waals surface area contributed by atoms with E-state index in [1.54, 1.807) is 24.3 Å². The Hall–Kier alpha value is -1.52. The van der Waals surface area contributed by atoms with Crippen LogP contribution in [0.25, 0.3) is 0 Å². The van der Waals surface area contributed by atoms with E-state index >= 15 is 0 Å². The molecule has 0 spiro atoms. The van der Waals surface area contributed by atoms with Crippen LogP contribution in [0, 0.1) is 0 Å². The number of aromatic nitrogens is 3. The van der Waals surface area contributed by atoms with Crippen molar-refractivity contribution in [2.75, 3.05) is 11.4 Å². The molecule has 7 nitrogen and oxygen atoms in total. The first-order valence-electron chi connectivity index (χ1n) is 5.69. The molecule has 2 N–H and O–H groups in total. The summed E-state index contributed by atoms with van der Waals surface area (Å²) in [5.41, 5.74) is 6.51. The maximum Gasteiger partial charge on any atom is 0.284 e. The average Bonchev–Trinajstić information content (AvgIpc) is 2.77. The van der Waals surface area contributed by atoms with Crippen LogP contribution in [0.1, 0.15) is 5.56 Å². The molecule has 2 aromatic rings. The number of halogens is 1. The molecule has 0 aliphatic heterocycles. The Morgan fingerprint density at radius 2 is 2.05 bits per heavy atom. The summed E-state index contributed by atoms with van der Waals surface area (Å²) in [6.45, 7) is 0. The van der Waals surface area contributed by atoms with Gasteiger partial charge < -0.3 is 5.73 Å². The van der Waals surface area contributed by atoms with E-state index in [2.05, 4.69) is 26.2 Å². The molecule has 0 unspecified atom stereocenters. The molecule has 1 aromatic carbocycles. The van der Waals surface area contributed by atoms with E-state index in [1.807, 2.05) is 0 Å². The SMILES string of the molecule is CN(c1ccccc1C(N)=S)S(=O)(=O)c1c(Br)nnn1C. The van der Waals surface area contributed by atoms with Crippen molar-refractivity contribution in [2.45, 2.75) is 5.03 Å². The van der Waals surface area contributed by atoms with Gasteiger partial charge >= 0.3 is 0 Å². The van der Waals surface area contributed by atoms with Crippen molar-refractivity contribution in [3.8, 4) is 0 Å². The molecule has 0 aliphatic rings. The van der Waals surface area contributed by atoms with Gasteiger partial charge in [-0.15, -0.1) is 5.10 Å². The van der Waals surface area contributed by atoms with Gasteiger partial charge in [0.05, 0.1) is 5.69 Å². The van der Waals surface area contributed by atoms with Crippen molar-refractivity contribution in [3.63, 3.8) is 0 Å². The van der Waals surface area contributed by atoms with Crippen LogP contribution in [-0.2, 0) is 17.1 Å². The summed E-state index contributed by atoms with van der Waals surface area (Å²) in [4.78, 5) is 0.120. The minimum absolute atomic E-state index is 0.0530. The average molecular weight is 390 g/mol. The number of benzene rings is 1. The second-order valence-corrected chi connectivity index (χ2v) is 7.24. The number of sulfonamides is 1. The highest BCUT2D eigenvalue weighted by molar-refractivity contribution is 9.10. The van der Waals surface area contributed by atoms with Gasteiger partial charge in [0.1, 0.15) is 4.99 Å². The van der Waals surface area contributed by atoms with Crippen molar-refractivity contribution in [1.29, 1.82) is 0 Å². The molecule has 1 aromatic heterocycles. The summed E-state index contributed by atoms with van der Waals surface area (Å²) in [5.74, 6) is 0. The summed E-state index contributed by atoms with van der Waals surface area (Å²) in [5, 5.41) is 7.32. The first kappa shape index (κ1) is 15.9. The van der Waals surface area contributed by atoms with Crippen LogP contribution in [0.15, 0.2) is 33.9 Å². The fourth-order valence-electron chi connectivity index (χ4n) is 1.81. The third kappa shape index (κ3) is 2.78. The van der Waals surface area contributed by atoms with E-state index < -0.39 is 10.0 Å². The lowest BCUT2D eigenvalue weighted by molar-refractivity contribution is 0.572. The van der Waals surface area contributed by atoms with Crippen molar-refractivity contribution in [1.82, 2.24) is 15.0 Å². The third-order valence-electron chi connectivity index (χ3n) is 2.85. The number of thiocarbonyl (C=S) groups is 1. The van der Waals surface area contributed by atoms with Crippen LogP contribution in [0.4, 0.5) is 5.69 Å². The summed E-state index contributed by atoms with van der Waals surface area (Å²) >= 11 is 8.05. The zero-order valence-electron chi connectivity index (χ0n) is 11.2. The Bertz CT molecular complexity index is 783. The molecule has 0 saturated heterocycles. The third-order valence-corrected chi connectivity index (χ3v) is 5.73. The lowest BCUT2D eigenvalue weighted by Crippen LogP contribution is -2.30. The molecular formula is C11H12BrN5O2S2. The molecule has 2 rings (SSSR count). The Morgan fingerprint density at radius 1 is 1.43 bits per heavy atom. The van der Waals surface area contributed by atoms with Gasteiger partial charge in [-0.1, -0.05) is 29.6 Å². The van der Waals surface area contributed by atoms with Gasteiger partial charge in [-0.2, -0.15) is 8.42 Å². The molecule has 21 heavy (non-hydrogen) atoms. The minimum atomic E-state index is -3.86. The first-order valence-corrected chi connectivity index (χ1v) is 8.34. The predicted molar refractivity (Wildman–Crippen MR) is 86.6 cm³/mol. The van der Waals surface area contributed by atoms with Crippen LogP contribution in [-0.4, -0.2) is 35.4 Å². The van der Waals surface area contributed by atoms with Crippen LogP contribution in [0.3, 0.4) is 0 Å². The van der Waals surface area contributed by atoms with E-state index in [9.17, 15) is 8.42 Å². The Morgan fingerprint density at radius 3 is 2.57 bits per heavy atom. The van der Waals surface area contributed by atoms with Gasteiger partial charge in [0.15, 0.2) is 4.60 Å². The first-order chi connectivity index (χ1) is 9.76. The highest BCUT2D eigenvalue weighted by atomic mass is 79.9. The lowest BCUT2D eigenvalue weighted by atomic mass is 10.2. The normalized spacial score (nSPS) is 11.4. The summed E-state index contributed by atoms with van der Waals surface area (Å²) < 4.78 is 27.9. The molecule has 0 bridgehead atoms. The number of nitrogens with zero attached hydrogens (tertiary/aromatic N) is 4. The number of rotatable bonds is 4. The highest BCUT2D eigenvalue weighted by Crippen LogP contribution is 2.28. The molecule has 0 amide bonds. The van der Waals surface area contributed by atoms with Crippen LogP contribution >= 0.6 is 28.1 Å². The molecule has 0 fully saturated rings. The van der Waals surface area contributed by atoms with Crippen LogP contribution in [0.5, 0.6) is 0 Å². The minimum Gasteiger partial charge on any atom is -0.389 e. The second-order valence-electron chi connectivity index (χ2n) is 4.16. The van der Waals surface area contributed by atoms with Gasteiger partial charge in [0.25, 0.3) is 10.0 Å². The summed E-state index contributed by atoms with van der Waals surface area (Å²) in [7, 11) is -0.936. The largest absolute Gasteiger partial charge is 0.389 e. The zero-order valence-corrected chi connectivity index (χ0v) is 14.4. The van der Waals surface area contributed by atoms with E-state index in [-0.39, 0.29) is 14.6 Å². The maximum atomic E-state index is 12.7. The van der Waals surface area contributed by atoms with Crippen LogP contribution < -0.4 is 10.0 Å².